The van der Waals surface area contributed by atoms with Crippen LogP contribution in [-0.4, -0.2) is 40.4 Å². The Morgan fingerprint density at radius 2 is 1.59 bits per heavy atom. The van der Waals surface area contributed by atoms with E-state index in [9.17, 15) is 14.7 Å². The van der Waals surface area contributed by atoms with Crippen LogP contribution in [0.25, 0.3) is 0 Å². The van der Waals surface area contributed by atoms with Crippen LogP contribution in [0.1, 0.15) is 16.7 Å². The Hall–Kier alpha value is -2.38. The van der Waals surface area contributed by atoms with Crippen LogP contribution >= 0.6 is 23.5 Å². The van der Waals surface area contributed by atoms with Gasteiger partial charge in [-0.25, -0.2) is 4.99 Å². The lowest BCUT2D eigenvalue weighted by molar-refractivity contribution is -0.145. The quantitative estimate of drug-likeness (QED) is 0.626. The zero-order valence-corrected chi connectivity index (χ0v) is 16.7. The number of carbonyl (C=O) groups is 2. The molecule has 27 heavy (non-hydrogen) atoms. The van der Waals surface area contributed by atoms with Crippen molar-refractivity contribution in [3.63, 3.8) is 0 Å². The summed E-state index contributed by atoms with van der Waals surface area (Å²) in [4.78, 5) is 35.0. The van der Waals surface area contributed by atoms with Crippen molar-refractivity contribution >= 4 is 46.3 Å². The highest BCUT2D eigenvalue weighted by Gasteiger charge is 2.54. The first-order valence-electron chi connectivity index (χ1n) is 8.14. The van der Waals surface area contributed by atoms with Crippen molar-refractivity contribution < 1.29 is 14.7 Å². The third-order valence-corrected chi connectivity index (χ3v) is 5.93. The molecule has 1 atom stereocenters. The molecule has 3 rings (SSSR count). The number of aliphatic carboxylic acids is 1. The standard InChI is InChI=1S/C20H18N2O3S2/c1-12-4-8-14(9-5-12)20(19(24)25)17(23)21-16(22-18(20)27-3)13-6-10-15(26-2)11-7-13/h4-11H,1-3H3,(H,24,25). The van der Waals surface area contributed by atoms with E-state index in [1.54, 1.807) is 42.3 Å². The van der Waals surface area contributed by atoms with E-state index in [0.717, 1.165) is 22.2 Å². The molecule has 0 fully saturated rings. The molecule has 0 saturated heterocycles. The molecule has 2 aromatic rings. The van der Waals surface area contributed by atoms with Crippen LogP contribution in [0, 0.1) is 6.92 Å². The van der Waals surface area contributed by atoms with Crippen molar-refractivity contribution in [1.29, 1.82) is 0 Å². The second kappa shape index (κ2) is 7.70. The Morgan fingerprint density at radius 1 is 0.963 bits per heavy atom. The molecule has 2 aromatic carbocycles. The number of nitrogens with zero attached hydrogens (tertiary/aromatic N) is 2. The average Bonchev–Trinajstić information content (AvgIpc) is 2.68. The summed E-state index contributed by atoms with van der Waals surface area (Å²) in [7, 11) is 0. The van der Waals surface area contributed by atoms with E-state index in [4.69, 9.17) is 0 Å². The zero-order valence-electron chi connectivity index (χ0n) is 15.1. The number of aliphatic imine (C=N–C) groups is 2. The van der Waals surface area contributed by atoms with Crippen molar-refractivity contribution in [2.24, 2.45) is 9.98 Å². The summed E-state index contributed by atoms with van der Waals surface area (Å²) >= 11 is 2.76. The Labute approximate surface area is 166 Å². The van der Waals surface area contributed by atoms with Crippen molar-refractivity contribution in [1.82, 2.24) is 0 Å². The van der Waals surface area contributed by atoms with Gasteiger partial charge in [0.25, 0.3) is 5.91 Å². The van der Waals surface area contributed by atoms with Crippen LogP contribution in [-0.2, 0) is 15.0 Å². The van der Waals surface area contributed by atoms with Crippen LogP contribution in [0.5, 0.6) is 0 Å². The largest absolute Gasteiger partial charge is 0.480 e. The molecular weight excluding hydrogens is 380 g/mol. The van der Waals surface area contributed by atoms with Gasteiger partial charge in [0.15, 0.2) is 5.84 Å². The molecule has 5 nitrogen and oxygen atoms in total. The van der Waals surface area contributed by atoms with Gasteiger partial charge in [0, 0.05) is 10.5 Å². The van der Waals surface area contributed by atoms with E-state index in [0.29, 0.717) is 11.1 Å². The number of amides is 1. The van der Waals surface area contributed by atoms with E-state index < -0.39 is 17.3 Å². The minimum atomic E-state index is -1.91. The Kier molecular flexibility index (Phi) is 5.53. The number of aryl methyl sites for hydroxylation is 1. The highest BCUT2D eigenvalue weighted by Crippen LogP contribution is 2.36. The highest BCUT2D eigenvalue weighted by molar-refractivity contribution is 8.13. The summed E-state index contributed by atoms with van der Waals surface area (Å²) in [5.74, 6) is -1.77. The lowest BCUT2D eigenvalue weighted by atomic mass is 9.79. The van der Waals surface area contributed by atoms with Gasteiger partial charge in [-0.2, -0.15) is 4.99 Å². The number of hydrogen-bond acceptors (Lipinski definition) is 5. The molecule has 138 valence electrons. The fourth-order valence-corrected chi connectivity index (χ4v) is 4.09. The topological polar surface area (TPSA) is 79.1 Å². The van der Waals surface area contributed by atoms with Gasteiger partial charge in [-0.1, -0.05) is 42.0 Å². The fraction of sp³-hybridized carbons (Fsp3) is 0.200. The summed E-state index contributed by atoms with van der Waals surface area (Å²) in [6.45, 7) is 1.90. The Balaban J connectivity index is 2.14. The molecule has 1 unspecified atom stereocenters. The predicted molar refractivity (Wildman–Crippen MR) is 111 cm³/mol. The fourth-order valence-electron chi connectivity index (χ4n) is 2.90. The van der Waals surface area contributed by atoms with Gasteiger partial charge in [-0.05, 0) is 37.1 Å². The Morgan fingerprint density at radius 3 is 2.11 bits per heavy atom. The minimum absolute atomic E-state index is 0.211. The number of carbonyl (C=O) groups excluding carboxylic acids is 1. The third-order valence-electron chi connectivity index (χ3n) is 4.40. The molecule has 1 aliphatic rings. The molecule has 0 aliphatic carbocycles. The van der Waals surface area contributed by atoms with Gasteiger partial charge in [0.1, 0.15) is 5.04 Å². The summed E-state index contributed by atoms with van der Waals surface area (Å²) in [5, 5.41) is 10.2. The average molecular weight is 399 g/mol. The van der Waals surface area contributed by atoms with Gasteiger partial charge < -0.3 is 5.11 Å². The lowest BCUT2D eigenvalue weighted by Crippen LogP contribution is -2.51. The first kappa shape index (κ1) is 19.4. The number of thioether (sulfide) groups is 2. The summed E-state index contributed by atoms with van der Waals surface area (Å²) in [6.07, 6.45) is 3.70. The number of hydrogen-bond donors (Lipinski definition) is 1. The smallest absolute Gasteiger partial charge is 0.330 e. The van der Waals surface area contributed by atoms with Crippen molar-refractivity contribution in [2.45, 2.75) is 17.2 Å². The molecule has 0 radical (unpaired) electrons. The lowest BCUT2D eigenvalue weighted by Gasteiger charge is -2.30. The van der Waals surface area contributed by atoms with Crippen molar-refractivity contribution in [3.8, 4) is 0 Å². The number of carboxylic acids is 1. The maximum absolute atomic E-state index is 13.1. The predicted octanol–water partition coefficient (Wildman–Crippen LogP) is 3.79. The first-order chi connectivity index (χ1) is 12.9. The van der Waals surface area contributed by atoms with Crippen LogP contribution in [0.3, 0.4) is 0 Å². The second-order valence-electron chi connectivity index (χ2n) is 6.01. The summed E-state index contributed by atoms with van der Waals surface area (Å²) in [5.41, 5.74) is 0.105. The van der Waals surface area contributed by atoms with Crippen LogP contribution in [0.4, 0.5) is 0 Å². The first-order valence-corrected chi connectivity index (χ1v) is 10.6. The molecule has 1 N–H and O–H groups in total. The van der Waals surface area contributed by atoms with E-state index in [2.05, 4.69) is 9.98 Å². The van der Waals surface area contributed by atoms with Crippen LogP contribution < -0.4 is 0 Å². The molecule has 7 heteroatoms. The van der Waals surface area contributed by atoms with Gasteiger partial charge in [0.2, 0.25) is 5.41 Å². The van der Waals surface area contributed by atoms with Gasteiger partial charge in [-0.15, -0.1) is 23.5 Å². The molecular formula is C20H18N2O3S2. The molecule has 1 heterocycles. The van der Waals surface area contributed by atoms with Crippen LogP contribution in [0.15, 0.2) is 63.4 Å². The number of benzene rings is 2. The maximum atomic E-state index is 13.1. The maximum Gasteiger partial charge on any atom is 0.330 e. The monoisotopic (exact) mass is 398 g/mol. The Bertz CT molecular complexity index is 950. The summed E-state index contributed by atoms with van der Waals surface area (Å²) < 4.78 is 0. The van der Waals surface area contributed by atoms with Crippen molar-refractivity contribution in [3.05, 3.63) is 65.2 Å². The second-order valence-corrected chi connectivity index (χ2v) is 7.69. The van der Waals surface area contributed by atoms with E-state index in [-0.39, 0.29) is 10.9 Å². The minimum Gasteiger partial charge on any atom is -0.480 e. The molecule has 1 aliphatic heterocycles. The van der Waals surface area contributed by atoms with Gasteiger partial charge in [-0.3, -0.25) is 9.59 Å². The SMILES string of the molecule is CSC1=NC(c2ccc(SC)cc2)=NC(=O)C1(C(=O)O)c1ccc(C)cc1. The molecule has 0 bridgehead atoms. The van der Waals surface area contributed by atoms with Gasteiger partial charge >= 0.3 is 5.97 Å². The normalized spacial score (nSPS) is 19.4. The third kappa shape index (κ3) is 3.33. The van der Waals surface area contributed by atoms with E-state index in [1.807, 2.05) is 37.4 Å². The molecule has 0 aromatic heterocycles. The van der Waals surface area contributed by atoms with E-state index in [1.165, 1.54) is 0 Å². The number of amidine groups is 1. The highest BCUT2D eigenvalue weighted by atomic mass is 32.2. The number of rotatable bonds is 4. The molecule has 0 spiro atoms. The molecule has 1 amide bonds. The summed E-state index contributed by atoms with van der Waals surface area (Å²) in [6, 6.07) is 14.4. The van der Waals surface area contributed by atoms with Crippen molar-refractivity contribution in [2.75, 3.05) is 12.5 Å². The zero-order chi connectivity index (χ0) is 19.6. The molecule has 0 saturated carbocycles. The number of carboxylic acid groups (broad SMARTS) is 1. The van der Waals surface area contributed by atoms with Gasteiger partial charge in [0.05, 0.1) is 0 Å². The van der Waals surface area contributed by atoms with Crippen LogP contribution in [0.2, 0.25) is 0 Å². The van der Waals surface area contributed by atoms with E-state index >= 15 is 0 Å².